The van der Waals surface area contributed by atoms with Gasteiger partial charge >= 0.3 is 5.69 Å². The van der Waals surface area contributed by atoms with E-state index in [1.165, 1.54) is 6.20 Å². The van der Waals surface area contributed by atoms with Crippen molar-refractivity contribution < 1.29 is 9.72 Å². The lowest BCUT2D eigenvalue weighted by Gasteiger charge is -2.32. The Balaban J connectivity index is 1.71. The number of carbonyl (C=O) groups excluding carboxylic acids is 1. The first-order valence-corrected chi connectivity index (χ1v) is 8.20. The second-order valence-electron chi connectivity index (χ2n) is 6.57. The average molecular weight is 334 g/mol. The maximum absolute atomic E-state index is 12.0. The highest BCUT2D eigenvalue weighted by molar-refractivity contribution is 5.78. The summed E-state index contributed by atoms with van der Waals surface area (Å²) in [5, 5.41) is 14.2. The minimum Gasteiger partial charge on any atom is -0.361 e. The van der Waals surface area contributed by atoms with Crippen molar-refractivity contribution in [2.45, 2.75) is 31.7 Å². The molecule has 2 fully saturated rings. The number of hydrogen-bond acceptors (Lipinski definition) is 7. The van der Waals surface area contributed by atoms with Gasteiger partial charge in [0.1, 0.15) is 6.20 Å². The molecule has 0 unspecified atom stereocenters. The molecule has 3 rings (SSSR count). The van der Waals surface area contributed by atoms with Crippen LogP contribution in [0.15, 0.2) is 6.20 Å². The molecule has 1 aromatic heterocycles. The van der Waals surface area contributed by atoms with Crippen molar-refractivity contribution in [2.75, 3.05) is 37.4 Å². The predicted molar refractivity (Wildman–Crippen MR) is 89.0 cm³/mol. The molecule has 2 aliphatic rings. The van der Waals surface area contributed by atoms with Crippen LogP contribution in [0.1, 0.15) is 25.7 Å². The molecular weight excluding hydrogens is 312 g/mol. The van der Waals surface area contributed by atoms with Crippen LogP contribution in [0.3, 0.4) is 0 Å². The first-order chi connectivity index (χ1) is 11.5. The van der Waals surface area contributed by atoms with Crippen LogP contribution in [0, 0.1) is 16.0 Å². The molecule has 0 spiro atoms. The van der Waals surface area contributed by atoms with E-state index in [-0.39, 0.29) is 23.6 Å². The first kappa shape index (κ1) is 16.4. The highest BCUT2D eigenvalue weighted by Crippen LogP contribution is 2.31. The molecule has 1 amide bonds. The van der Waals surface area contributed by atoms with Crippen molar-refractivity contribution in [1.82, 2.24) is 14.9 Å². The van der Waals surface area contributed by atoms with Crippen molar-refractivity contribution in [2.24, 2.45) is 5.92 Å². The molecule has 1 aliphatic carbocycles. The predicted octanol–water partition coefficient (Wildman–Crippen LogP) is 1.26. The number of anilines is 2. The van der Waals surface area contributed by atoms with E-state index in [0.717, 1.165) is 25.7 Å². The monoisotopic (exact) mass is 334 g/mol. The highest BCUT2D eigenvalue weighted by atomic mass is 16.6. The SMILES string of the molecule is CN(C)C(=O)C1CCN(c2ncc([N+](=O)[O-])c(NC3CC3)n2)CC1. The number of amides is 1. The minimum atomic E-state index is -0.462. The summed E-state index contributed by atoms with van der Waals surface area (Å²) < 4.78 is 0. The van der Waals surface area contributed by atoms with Gasteiger partial charge in [-0.2, -0.15) is 4.98 Å². The van der Waals surface area contributed by atoms with E-state index < -0.39 is 4.92 Å². The minimum absolute atomic E-state index is 0.0263. The zero-order valence-electron chi connectivity index (χ0n) is 13.9. The average Bonchev–Trinajstić information content (AvgIpc) is 3.38. The number of nitro groups is 1. The smallest absolute Gasteiger partial charge is 0.329 e. The van der Waals surface area contributed by atoms with Crippen molar-refractivity contribution in [3.05, 3.63) is 16.3 Å². The Hall–Kier alpha value is -2.45. The van der Waals surface area contributed by atoms with Gasteiger partial charge in [-0.3, -0.25) is 14.9 Å². The Labute approximate surface area is 140 Å². The van der Waals surface area contributed by atoms with Crippen molar-refractivity contribution in [1.29, 1.82) is 0 Å². The fourth-order valence-corrected chi connectivity index (χ4v) is 2.87. The van der Waals surface area contributed by atoms with Crippen LogP contribution in [-0.4, -0.2) is 58.9 Å². The van der Waals surface area contributed by atoms with Crippen LogP contribution in [0.25, 0.3) is 0 Å². The number of piperidine rings is 1. The fourth-order valence-electron chi connectivity index (χ4n) is 2.87. The molecule has 130 valence electrons. The fraction of sp³-hybridized carbons (Fsp3) is 0.667. The number of nitrogens with zero attached hydrogens (tertiary/aromatic N) is 5. The lowest BCUT2D eigenvalue weighted by molar-refractivity contribution is -0.384. The van der Waals surface area contributed by atoms with Crippen molar-refractivity contribution >= 4 is 23.4 Å². The zero-order chi connectivity index (χ0) is 17.3. The van der Waals surface area contributed by atoms with E-state index >= 15 is 0 Å². The molecule has 1 N–H and O–H groups in total. The first-order valence-electron chi connectivity index (χ1n) is 8.20. The molecule has 9 nitrogen and oxygen atoms in total. The van der Waals surface area contributed by atoms with Gasteiger partial charge in [0, 0.05) is 39.1 Å². The van der Waals surface area contributed by atoms with E-state index in [9.17, 15) is 14.9 Å². The number of rotatable bonds is 5. The Bertz CT molecular complexity index is 638. The number of hydrogen-bond donors (Lipinski definition) is 1. The van der Waals surface area contributed by atoms with E-state index in [0.29, 0.717) is 24.9 Å². The standard InChI is InChI=1S/C15H22N6O3/c1-19(2)14(22)10-5-7-20(8-6-10)15-16-9-12(21(23)24)13(18-15)17-11-3-4-11/h9-11H,3-8H2,1-2H3,(H,16,17,18). The Morgan fingerprint density at radius 1 is 1.33 bits per heavy atom. The quantitative estimate of drug-likeness (QED) is 0.638. The Kier molecular flexibility index (Phi) is 4.50. The van der Waals surface area contributed by atoms with Gasteiger partial charge in [-0.1, -0.05) is 0 Å². The molecule has 0 bridgehead atoms. The van der Waals surface area contributed by atoms with Gasteiger partial charge in [0.15, 0.2) is 0 Å². The lowest BCUT2D eigenvalue weighted by atomic mass is 9.96. The summed E-state index contributed by atoms with van der Waals surface area (Å²) in [5.74, 6) is 0.951. The summed E-state index contributed by atoms with van der Waals surface area (Å²) in [6.45, 7) is 1.34. The molecule has 1 saturated heterocycles. The molecule has 1 saturated carbocycles. The summed E-state index contributed by atoms with van der Waals surface area (Å²) in [6, 6.07) is 0.273. The van der Waals surface area contributed by atoms with Crippen molar-refractivity contribution in [3.8, 4) is 0 Å². The Morgan fingerprint density at radius 2 is 2.00 bits per heavy atom. The number of nitrogens with one attached hydrogen (secondary N) is 1. The summed E-state index contributed by atoms with van der Waals surface area (Å²) in [6.07, 6.45) is 4.76. The van der Waals surface area contributed by atoms with Crippen LogP contribution in [0.2, 0.25) is 0 Å². The summed E-state index contributed by atoms with van der Waals surface area (Å²) in [4.78, 5) is 34.8. The van der Waals surface area contributed by atoms with E-state index in [2.05, 4.69) is 15.3 Å². The third kappa shape index (κ3) is 3.55. The van der Waals surface area contributed by atoms with Gasteiger partial charge in [-0.05, 0) is 25.7 Å². The summed E-state index contributed by atoms with van der Waals surface area (Å²) >= 11 is 0. The number of carbonyl (C=O) groups is 1. The maximum Gasteiger partial charge on any atom is 0.329 e. The molecule has 24 heavy (non-hydrogen) atoms. The second-order valence-corrected chi connectivity index (χ2v) is 6.57. The Morgan fingerprint density at radius 3 is 2.54 bits per heavy atom. The van der Waals surface area contributed by atoms with Gasteiger partial charge in [0.2, 0.25) is 17.7 Å². The topological polar surface area (TPSA) is 104 Å². The molecule has 2 heterocycles. The molecular formula is C15H22N6O3. The van der Waals surface area contributed by atoms with Crippen LogP contribution >= 0.6 is 0 Å². The van der Waals surface area contributed by atoms with Gasteiger partial charge in [-0.15, -0.1) is 0 Å². The van der Waals surface area contributed by atoms with Crippen molar-refractivity contribution in [3.63, 3.8) is 0 Å². The van der Waals surface area contributed by atoms with E-state index in [1.807, 2.05) is 4.90 Å². The van der Waals surface area contributed by atoms with E-state index in [4.69, 9.17) is 0 Å². The van der Waals surface area contributed by atoms with Crippen LogP contribution in [0.5, 0.6) is 0 Å². The van der Waals surface area contributed by atoms with Crippen LogP contribution < -0.4 is 10.2 Å². The van der Waals surface area contributed by atoms with Gasteiger partial charge in [0.05, 0.1) is 4.92 Å². The number of aromatic nitrogens is 2. The molecule has 0 atom stereocenters. The molecule has 9 heteroatoms. The van der Waals surface area contributed by atoms with Gasteiger partial charge < -0.3 is 15.1 Å². The second kappa shape index (κ2) is 6.58. The van der Waals surface area contributed by atoms with Crippen LogP contribution in [-0.2, 0) is 4.79 Å². The third-order valence-corrected chi connectivity index (χ3v) is 4.44. The van der Waals surface area contributed by atoms with E-state index in [1.54, 1.807) is 19.0 Å². The molecule has 0 aromatic carbocycles. The molecule has 1 aromatic rings. The maximum atomic E-state index is 12.0. The van der Waals surface area contributed by atoms with Gasteiger partial charge in [-0.25, -0.2) is 4.98 Å². The summed E-state index contributed by atoms with van der Waals surface area (Å²) in [7, 11) is 3.54. The van der Waals surface area contributed by atoms with Gasteiger partial charge in [0.25, 0.3) is 0 Å². The lowest BCUT2D eigenvalue weighted by Crippen LogP contribution is -2.40. The van der Waals surface area contributed by atoms with Crippen LogP contribution in [0.4, 0.5) is 17.5 Å². The summed E-state index contributed by atoms with van der Waals surface area (Å²) in [5.41, 5.74) is -0.0941. The molecule has 1 aliphatic heterocycles. The highest BCUT2D eigenvalue weighted by Gasteiger charge is 2.30. The zero-order valence-corrected chi connectivity index (χ0v) is 13.9. The normalized spacial score (nSPS) is 18.3. The third-order valence-electron chi connectivity index (χ3n) is 4.44. The molecule has 0 radical (unpaired) electrons. The largest absolute Gasteiger partial charge is 0.361 e.